The summed E-state index contributed by atoms with van der Waals surface area (Å²) in [7, 11) is 6.97. The zero-order valence-corrected chi connectivity index (χ0v) is 91.6. The molecule has 14 rings (SSSR count). The lowest BCUT2D eigenvalue weighted by Gasteiger charge is -2.36. The number of pyridine rings is 6. The highest BCUT2D eigenvalue weighted by Gasteiger charge is 2.25. The minimum atomic E-state index is -4.41. The van der Waals surface area contributed by atoms with Gasteiger partial charge >= 0.3 is 34.9 Å². The van der Waals surface area contributed by atoms with Gasteiger partial charge in [0, 0.05) is 138 Å². The molecule has 47 heteroatoms. The summed E-state index contributed by atoms with van der Waals surface area (Å²) in [5.74, 6) is 4.91. The van der Waals surface area contributed by atoms with Gasteiger partial charge in [-0.3, -0.25) is 12.5 Å². The Morgan fingerprint density at radius 3 is 1.01 bits per heavy atom. The zero-order valence-electron chi connectivity index (χ0n) is 85.2. The largest absolute Gasteiger partial charge is 1.00 e. The molecule has 0 aliphatic carbocycles. The molecule has 0 saturated carbocycles. The zero-order chi connectivity index (χ0) is 106. The molecular formula is C100H134Br2ClN25O16S3. The molecule has 0 radical (unpaired) electrons. The van der Waals surface area contributed by atoms with E-state index in [0.717, 1.165) is 120 Å². The van der Waals surface area contributed by atoms with Crippen LogP contribution in [0.2, 0.25) is 0 Å². The van der Waals surface area contributed by atoms with Crippen molar-refractivity contribution in [2.45, 2.75) is 78.7 Å². The Kier molecular flexibility index (Phi) is 59.8. The molecule has 8 N–H and O–H groups in total. The fourth-order valence-electron chi connectivity index (χ4n) is 13.4. The van der Waals surface area contributed by atoms with Crippen LogP contribution in [0.3, 0.4) is 0 Å². The number of nitrogen functional groups attached to an aromatic ring is 2. The Bertz CT molecular complexity index is 6270. The maximum absolute atomic E-state index is 9.22. The fourth-order valence-corrected chi connectivity index (χ4v) is 13.4. The monoisotopic (exact) mass is 2230 g/mol. The van der Waals surface area contributed by atoms with Crippen molar-refractivity contribution in [1.29, 1.82) is 0 Å². The summed E-state index contributed by atoms with van der Waals surface area (Å²) in [5.41, 5.74) is 28.4. The summed E-state index contributed by atoms with van der Waals surface area (Å²) in [6, 6.07) is 72.4. The van der Waals surface area contributed by atoms with E-state index in [1.807, 2.05) is 335 Å². The van der Waals surface area contributed by atoms with Crippen molar-refractivity contribution in [2.24, 2.45) is 96.6 Å². The number of aliphatic hydroxyl groups is 4. The van der Waals surface area contributed by atoms with Crippen LogP contribution in [0.25, 0.3) is 0 Å². The molecule has 6 aromatic heterocycles. The number of benzene rings is 6. The van der Waals surface area contributed by atoms with Crippen molar-refractivity contribution in [2.75, 3.05) is 151 Å². The third-order valence-electron chi connectivity index (χ3n) is 21.1. The van der Waals surface area contributed by atoms with Gasteiger partial charge in [-0.15, -0.1) is 0 Å². The van der Waals surface area contributed by atoms with Crippen LogP contribution in [0.1, 0.15) is 67.7 Å². The van der Waals surface area contributed by atoms with Crippen LogP contribution in [-0.2, 0) is 98.4 Å². The standard InChI is InChI=1S/C19H27N4.C18H21N4.2C16H21N4O2.C14H17N5.C14H17N4.3CH4O4S.2BrH.ClH/c1-4-5-6-8-15-23-16-9-7-10-19(23)21-20-17-11-13-18(14-12-17)22(2)3;1-21-9-3-2-8-17(21)20-19-16-12-14-6-4-10-22-11-5-7-15(13-16)18(14)22;2*1-19-9-3-2-4-16(19)18-17-14-5-7-15(8-6-14)20(10-12-21)11-13-22;1-9-4-5-14(19(3)8-9)18-17-13-6-10(2)11(15)7-12(13)16;1-17(2)13-9-7-12(8-10-13)15-16-14-6-4-5-11-18(14)3;3*1-5-6(2,3)4;;;/h7,9-14,16H,4-6,8,15H2,1-3H3;2-3,8-9,12-13H,4-7,10-11H2,1H3;2*2-9,21-22H,10-13H2,1H3;4-8H,1-3H3,(H3,15,16);4-11H,1-3H3;3*1H3,(H,2,3,4);3*1H/q4*+1;;+1;;;;;;/p-5. The molecule has 147 heavy (non-hydrogen) atoms. The van der Waals surface area contributed by atoms with Gasteiger partial charge in [0.2, 0.25) is 31.2 Å². The van der Waals surface area contributed by atoms with E-state index in [-0.39, 0.29) is 72.8 Å². The average Bonchev–Trinajstić information content (AvgIpc) is 0.775. The molecule has 0 amide bonds. The van der Waals surface area contributed by atoms with Crippen LogP contribution in [-0.4, -0.2) is 175 Å². The quantitative estimate of drug-likeness (QED) is 0.00693. The number of azo groups is 6. The Hall–Kier alpha value is -12.9. The predicted molar refractivity (Wildman–Crippen MR) is 551 cm³/mol. The smallest absolute Gasteiger partial charge is 0.350 e. The van der Waals surface area contributed by atoms with E-state index in [1.165, 1.54) is 86.8 Å². The average molecular weight is 2230 g/mol. The first-order valence-corrected chi connectivity index (χ1v) is 49.8. The van der Waals surface area contributed by atoms with Crippen molar-refractivity contribution in [1.82, 2.24) is 0 Å². The van der Waals surface area contributed by atoms with E-state index < -0.39 is 31.2 Å². The molecule has 0 spiro atoms. The van der Waals surface area contributed by atoms with E-state index in [0.29, 0.717) is 43.2 Å². The molecule has 794 valence electrons. The maximum atomic E-state index is 9.22. The van der Waals surface area contributed by atoms with Gasteiger partial charge < -0.3 is 116 Å². The Balaban J connectivity index is 0.000000436. The van der Waals surface area contributed by atoms with Crippen molar-refractivity contribution in [3.8, 4) is 0 Å². The minimum absolute atomic E-state index is 0. The van der Waals surface area contributed by atoms with E-state index in [2.05, 4.69) is 131 Å². The first-order valence-electron chi connectivity index (χ1n) is 45.8. The predicted octanol–water partition coefficient (Wildman–Crippen LogP) is 6.09. The van der Waals surface area contributed by atoms with Gasteiger partial charge in [0.15, 0.2) is 0 Å². The summed E-state index contributed by atoms with van der Waals surface area (Å²) in [6.45, 7) is 11.7. The molecule has 2 aliphatic rings. The second kappa shape index (κ2) is 68.5. The third kappa shape index (κ3) is 49.0. The van der Waals surface area contributed by atoms with Gasteiger partial charge in [-0.05, 0) is 263 Å². The van der Waals surface area contributed by atoms with Crippen LogP contribution in [0, 0.1) is 13.8 Å². The third-order valence-corrected chi connectivity index (χ3v) is 22.3. The van der Waals surface area contributed by atoms with Gasteiger partial charge in [0.05, 0.1) is 163 Å². The van der Waals surface area contributed by atoms with Crippen molar-refractivity contribution < 1.29 is 146 Å². The first-order chi connectivity index (χ1) is 68.8. The number of nitrogens with zero attached hydrogens (tertiary/aromatic N) is 23. The van der Waals surface area contributed by atoms with Crippen LogP contribution >= 0.6 is 0 Å². The highest BCUT2D eigenvalue weighted by molar-refractivity contribution is 7.81. The molecule has 0 saturated heterocycles. The van der Waals surface area contributed by atoms with Crippen molar-refractivity contribution in [3.63, 3.8) is 0 Å². The molecule has 6 aromatic carbocycles. The van der Waals surface area contributed by atoms with E-state index in [9.17, 15) is 38.9 Å². The van der Waals surface area contributed by atoms with E-state index in [1.54, 1.807) is 6.07 Å². The number of anilines is 7. The number of nitrogens with two attached hydrogens (primary N) is 2. The van der Waals surface area contributed by atoms with Crippen LogP contribution in [0.5, 0.6) is 0 Å². The Labute approximate surface area is 889 Å². The lowest BCUT2D eigenvalue weighted by molar-refractivity contribution is -0.685. The molecule has 0 unspecified atom stereocenters. The number of aliphatic hydroxyl groups excluding tert-OH is 4. The Morgan fingerprint density at radius 2 is 0.694 bits per heavy atom. The molecule has 0 bridgehead atoms. The van der Waals surface area contributed by atoms with Gasteiger partial charge in [-0.1, -0.05) is 50.1 Å². The van der Waals surface area contributed by atoms with Crippen LogP contribution in [0.15, 0.2) is 323 Å². The van der Waals surface area contributed by atoms with Gasteiger partial charge in [-0.25, -0.2) is 52.7 Å². The summed E-state index contributed by atoms with van der Waals surface area (Å²) in [4.78, 5) is 10.5. The number of rotatable bonds is 32. The van der Waals surface area contributed by atoms with Crippen LogP contribution < -0.4 is 110 Å². The second-order valence-electron chi connectivity index (χ2n) is 32.4. The molecule has 41 nitrogen and oxygen atoms in total. The normalized spacial score (nSPS) is 11.8. The number of aryl methyl sites for hydroxylation is 10. The lowest BCUT2D eigenvalue weighted by atomic mass is 9.91. The minimum Gasteiger partial charge on any atom is -1.00 e. The molecule has 0 fully saturated rings. The number of hydrogen-bond donors (Lipinski definition) is 6. The number of aromatic nitrogens is 6. The Morgan fingerprint density at radius 1 is 0.381 bits per heavy atom. The molecule has 12 aromatic rings. The topological polar surface area (TPSA) is 520 Å². The van der Waals surface area contributed by atoms with Gasteiger partial charge in [0.1, 0.15) is 34.1 Å². The number of hydrogen-bond acceptors (Lipinski definition) is 35. The highest BCUT2D eigenvalue weighted by Crippen LogP contribution is 2.39. The summed E-state index contributed by atoms with van der Waals surface area (Å²) >= 11 is 0. The van der Waals surface area contributed by atoms with Crippen molar-refractivity contribution >= 4 is 140 Å². The maximum Gasteiger partial charge on any atom is 0.350 e. The highest BCUT2D eigenvalue weighted by atomic mass is 79.9. The van der Waals surface area contributed by atoms with E-state index in [4.69, 9.17) is 31.9 Å². The van der Waals surface area contributed by atoms with Gasteiger partial charge in [0.25, 0.3) is 0 Å². The summed E-state index contributed by atoms with van der Waals surface area (Å²) in [5, 5.41) is 87.6. The van der Waals surface area contributed by atoms with Gasteiger partial charge in [-0.2, -0.15) is 0 Å². The summed E-state index contributed by atoms with van der Waals surface area (Å²) < 4.78 is 105. The number of halogens is 3. The molecular weight excluding hydrogens is 2100 g/mol. The molecule has 8 heterocycles. The van der Waals surface area contributed by atoms with E-state index >= 15 is 0 Å². The first kappa shape index (κ1) is 128. The SMILES string of the molecule is CCCCCC[n+]1ccccc1N=Nc1ccc(N(C)C)cc1.CN(C)c1ccc(N=Nc2cccc[n+]2C)cc1.COS(=O)(=O)[O-].COS(=O)(=O)[O-].COS(=O)(=O)[O-].C[n+]1ccccc1N=Nc1cc2c3c(c1)CCCN3CCC2.C[n+]1ccccc1N=Nc1ccc(N(CCO)CCO)cc1.C[n+]1ccccc1N=Nc1ccc(N(CCO)CCO)cc1.Cc1ccc(N=Nc2cc(C)c(N)cc2N)[n+](C)c1.[Br-].[Br-].[Cl-]. The molecule has 2 aliphatic heterocycles. The fraction of sp³-hybridized carbons (Fsp3) is 0.340. The number of unbranched alkanes of at least 4 members (excludes halogenated alkanes) is 3. The van der Waals surface area contributed by atoms with Crippen molar-refractivity contribution in [3.05, 3.63) is 284 Å². The second-order valence-corrected chi connectivity index (χ2v) is 35.8. The van der Waals surface area contributed by atoms with Crippen LogP contribution in [0.4, 0.5) is 109 Å². The lowest BCUT2D eigenvalue weighted by Crippen LogP contribution is -3.00. The molecule has 0 atom stereocenters. The summed E-state index contributed by atoms with van der Waals surface area (Å²) in [6.07, 6.45) is 21.7.